The third-order valence-corrected chi connectivity index (χ3v) is 6.21. The zero-order valence-electron chi connectivity index (χ0n) is 18.8. The Hall–Kier alpha value is -1.40. The smallest absolute Gasteiger partial charge is 0.247 e. The van der Waals surface area contributed by atoms with Gasteiger partial charge in [-0.15, -0.1) is 0 Å². The van der Waals surface area contributed by atoms with E-state index in [1.807, 2.05) is 0 Å². The number of halogens is 1. The van der Waals surface area contributed by atoms with Gasteiger partial charge >= 0.3 is 0 Å². The molecule has 32 heavy (non-hydrogen) atoms. The Kier molecular flexibility index (Phi) is 11.7. The van der Waals surface area contributed by atoms with Crippen LogP contribution in [0.25, 0.3) is 0 Å². The number of aliphatic hydroxyl groups excluding tert-OH is 3. The number of hydrogen-bond acceptors (Lipinski definition) is 7. The molecule has 9 heteroatoms. The van der Waals surface area contributed by atoms with Crippen molar-refractivity contribution in [2.24, 2.45) is 0 Å². The number of rotatable bonds is 13. The Morgan fingerprint density at radius 2 is 2.00 bits per heavy atom. The van der Waals surface area contributed by atoms with E-state index in [1.54, 1.807) is 18.2 Å². The average Bonchev–Trinajstić information content (AvgIpc) is 2.80. The molecule has 0 spiro atoms. The second kappa shape index (κ2) is 14.0. The van der Waals surface area contributed by atoms with Crippen LogP contribution in [0.15, 0.2) is 23.8 Å². The van der Waals surface area contributed by atoms with E-state index < -0.39 is 12.2 Å². The molecule has 1 aromatic rings. The van der Waals surface area contributed by atoms with Gasteiger partial charge in [0.2, 0.25) is 5.91 Å². The van der Waals surface area contributed by atoms with Crippen LogP contribution in [0, 0.1) is 3.57 Å². The molecule has 1 aliphatic rings. The molecule has 180 valence electrons. The number of carbonyl (C=O) groups excluding carboxylic acids is 1. The van der Waals surface area contributed by atoms with Gasteiger partial charge in [-0.3, -0.25) is 4.79 Å². The molecule has 0 radical (unpaired) electrons. The van der Waals surface area contributed by atoms with E-state index in [9.17, 15) is 15.0 Å². The van der Waals surface area contributed by atoms with Crippen LogP contribution in [0.2, 0.25) is 0 Å². The number of carbonyl (C=O) groups is 1. The molecular weight excluding hydrogens is 527 g/mol. The molecule has 0 heterocycles. The molecule has 0 fully saturated rings. The summed E-state index contributed by atoms with van der Waals surface area (Å²) < 4.78 is 12.3. The SMILES string of the molecule is CCCCCCNC1CC(C(=O)NCCO)=CC(Oc2c(I)cc(CO)cc2OC)C1O. The molecule has 1 aromatic carbocycles. The van der Waals surface area contributed by atoms with E-state index in [4.69, 9.17) is 14.6 Å². The van der Waals surface area contributed by atoms with E-state index in [0.717, 1.165) is 35.8 Å². The maximum Gasteiger partial charge on any atom is 0.247 e. The number of hydrogen-bond donors (Lipinski definition) is 5. The van der Waals surface area contributed by atoms with Crippen LogP contribution in [0.1, 0.15) is 44.6 Å². The van der Waals surface area contributed by atoms with Crippen LogP contribution >= 0.6 is 22.6 Å². The Bertz CT molecular complexity index is 773. The first-order chi connectivity index (χ1) is 15.4. The molecule has 0 saturated carbocycles. The van der Waals surface area contributed by atoms with Crippen molar-refractivity contribution in [1.82, 2.24) is 10.6 Å². The van der Waals surface area contributed by atoms with E-state index in [2.05, 4.69) is 40.1 Å². The van der Waals surface area contributed by atoms with Gasteiger partial charge in [-0.25, -0.2) is 0 Å². The highest BCUT2D eigenvalue weighted by molar-refractivity contribution is 14.1. The van der Waals surface area contributed by atoms with E-state index >= 15 is 0 Å². The number of aliphatic hydroxyl groups is 3. The zero-order valence-corrected chi connectivity index (χ0v) is 20.9. The van der Waals surface area contributed by atoms with Crippen molar-refractivity contribution < 1.29 is 29.6 Å². The van der Waals surface area contributed by atoms with Crippen LogP contribution in [0.3, 0.4) is 0 Å². The maximum atomic E-state index is 12.6. The normalized spacial score (nSPS) is 20.6. The summed E-state index contributed by atoms with van der Waals surface area (Å²) in [6, 6.07) is 3.13. The number of benzene rings is 1. The van der Waals surface area contributed by atoms with Gasteiger partial charge in [-0.05, 0) is 65.7 Å². The van der Waals surface area contributed by atoms with Crippen molar-refractivity contribution in [3.05, 3.63) is 32.9 Å². The van der Waals surface area contributed by atoms with Crippen molar-refractivity contribution in [3.8, 4) is 11.5 Å². The summed E-state index contributed by atoms with van der Waals surface area (Å²) in [6.45, 7) is 2.79. The largest absolute Gasteiger partial charge is 0.493 e. The number of unbranched alkanes of at least 4 members (excludes halogenated alkanes) is 3. The van der Waals surface area contributed by atoms with Gasteiger partial charge in [0.1, 0.15) is 12.2 Å². The fraction of sp³-hybridized carbons (Fsp3) is 0.609. The molecule has 3 unspecified atom stereocenters. The molecule has 0 aliphatic heterocycles. The van der Waals surface area contributed by atoms with Gasteiger partial charge < -0.3 is 35.4 Å². The predicted molar refractivity (Wildman–Crippen MR) is 131 cm³/mol. The number of nitrogens with one attached hydrogen (secondary N) is 2. The van der Waals surface area contributed by atoms with Crippen molar-refractivity contribution in [1.29, 1.82) is 0 Å². The second-order valence-electron chi connectivity index (χ2n) is 7.84. The molecule has 3 atom stereocenters. The van der Waals surface area contributed by atoms with Gasteiger partial charge in [0.15, 0.2) is 11.5 Å². The summed E-state index contributed by atoms with van der Waals surface area (Å²) in [4.78, 5) is 12.6. The lowest BCUT2D eigenvalue weighted by molar-refractivity contribution is -0.118. The van der Waals surface area contributed by atoms with E-state index in [0.29, 0.717) is 29.1 Å². The molecule has 1 amide bonds. The first-order valence-electron chi connectivity index (χ1n) is 11.1. The molecule has 0 aromatic heterocycles. The molecule has 2 rings (SSSR count). The third kappa shape index (κ3) is 7.58. The summed E-state index contributed by atoms with van der Waals surface area (Å²) in [7, 11) is 1.51. The van der Waals surface area contributed by atoms with Crippen LogP contribution in [-0.2, 0) is 11.4 Å². The molecule has 1 aliphatic carbocycles. The number of amides is 1. The van der Waals surface area contributed by atoms with Gasteiger partial charge in [-0.2, -0.15) is 0 Å². The lowest BCUT2D eigenvalue weighted by Crippen LogP contribution is -2.52. The lowest BCUT2D eigenvalue weighted by atomic mass is 9.89. The Morgan fingerprint density at radius 1 is 1.22 bits per heavy atom. The van der Waals surface area contributed by atoms with E-state index in [-0.39, 0.29) is 31.7 Å². The number of methoxy groups -OCH3 is 1. The highest BCUT2D eigenvalue weighted by atomic mass is 127. The predicted octanol–water partition coefficient (Wildman–Crippen LogP) is 1.88. The van der Waals surface area contributed by atoms with Gasteiger partial charge in [-0.1, -0.05) is 26.2 Å². The molecular formula is C23H35IN2O6. The fourth-order valence-electron chi connectivity index (χ4n) is 3.65. The third-order valence-electron chi connectivity index (χ3n) is 5.41. The van der Waals surface area contributed by atoms with Crippen molar-refractivity contribution >= 4 is 28.5 Å². The van der Waals surface area contributed by atoms with Crippen LogP contribution in [0.4, 0.5) is 0 Å². The van der Waals surface area contributed by atoms with Gasteiger partial charge in [0.25, 0.3) is 0 Å². The van der Waals surface area contributed by atoms with Crippen LogP contribution in [-0.4, -0.2) is 66.3 Å². The Morgan fingerprint density at radius 3 is 2.66 bits per heavy atom. The number of ether oxygens (including phenoxy) is 2. The average molecular weight is 562 g/mol. The minimum Gasteiger partial charge on any atom is -0.493 e. The minimum atomic E-state index is -0.867. The summed E-state index contributed by atoms with van der Waals surface area (Å²) in [5, 5.41) is 35.6. The molecule has 0 bridgehead atoms. The van der Waals surface area contributed by atoms with Crippen LogP contribution in [0.5, 0.6) is 11.5 Å². The monoisotopic (exact) mass is 562 g/mol. The highest BCUT2D eigenvalue weighted by Gasteiger charge is 2.35. The quantitative estimate of drug-likeness (QED) is 0.184. The minimum absolute atomic E-state index is 0.127. The van der Waals surface area contributed by atoms with Crippen molar-refractivity contribution in [3.63, 3.8) is 0 Å². The Balaban J connectivity index is 2.24. The maximum absolute atomic E-state index is 12.6. The topological polar surface area (TPSA) is 120 Å². The fourth-order valence-corrected chi connectivity index (χ4v) is 4.45. The second-order valence-corrected chi connectivity index (χ2v) is 9.00. The lowest BCUT2D eigenvalue weighted by Gasteiger charge is -2.34. The highest BCUT2D eigenvalue weighted by Crippen LogP contribution is 2.36. The van der Waals surface area contributed by atoms with Gasteiger partial charge in [0.05, 0.1) is 23.9 Å². The molecule has 8 nitrogen and oxygen atoms in total. The first-order valence-corrected chi connectivity index (χ1v) is 12.2. The summed E-state index contributed by atoms with van der Waals surface area (Å²) in [5.41, 5.74) is 1.19. The van der Waals surface area contributed by atoms with Gasteiger partial charge in [0, 0.05) is 18.2 Å². The van der Waals surface area contributed by atoms with Crippen molar-refractivity contribution in [2.45, 2.75) is 63.9 Å². The molecule has 0 saturated heterocycles. The first kappa shape index (κ1) is 26.8. The summed E-state index contributed by atoms with van der Waals surface area (Å²) in [6.07, 6.45) is 4.78. The summed E-state index contributed by atoms with van der Waals surface area (Å²) >= 11 is 2.10. The standard InChI is InChI=1S/C23H35IN2O6/c1-3-4-5-6-7-25-18-12-16(23(30)26-8-9-27)13-19(21(18)29)32-22-17(24)10-15(14-28)11-20(22)31-2/h10-11,13,18-19,21,25,27-29H,3-9,12,14H2,1-2H3,(H,26,30). The Labute approximate surface area is 203 Å². The molecule has 5 N–H and O–H groups in total. The summed E-state index contributed by atoms with van der Waals surface area (Å²) in [5.74, 6) is 0.612. The van der Waals surface area contributed by atoms with Crippen molar-refractivity contribution in [2.75, 3.05) is 26.8 Å². The van der Waals surface area contributed by atoms with E-state index in [1.165, 1.54) is 7.11 Å². The zero-order chi connectivity index (χ0) is 23.5. The van der Waals surface area contributed by atoms with Crippen LogP contribution < -0.4 is 20.1 Å².